The number of rotatable bonds is 11. The summed E-state index contributed by atoms with van der Waals surface area (Å²) in [6.45, 7) is 5.34. The summed E-state index contributed by atoms with van der Waals surface area (Å²) in [6.07, 6.45) is 7.99. The van der Waals surface area contributed by atoms with Crippen LogP contribution in [0, 0.1) is 18.7 Å². The standard InChI is InChI=1S/C29H37FN2O2/c1-23-8-5-6-12-29(23)34-22-28(33)21-31(18-24-9-3-2-4-10-24)20-27-11-7-17-32(27)19-25-13-15-26(30)16-14-25/h5-8,11-17,24,28,33H,2-4,9-10,18-22H2,1H3. The van der Waals surface area contributed by atoms with Gasteiger partial charge in [0.15, 0.2) is 0 Å². The summed E-state index contributed by atoms with van der Waals surface area (Å²) < 4.78 is 21.5. The van der Waals surface area contributed by atoms with Crippen LogP contribution in [0.4, 0.5) is 4.39 Å². The largest absolute Gasteiger partial charge is 0.491 e. The molecule has 4 rings (SSSR count). The van der Waals surface area contributed by atoms with Crippen molar-refractivity contribution in [2.45, 2.75) is 58.2 Å². The molecule has 0 saturated heterocycles. The molecule has 0 radical (unpaired) electrons. The number of halogens is 1. The molecule has 1 aliphatic carbocycles. The van der Waals surface area contributed by atoms with Crippen LogP contribution < -0.4 is 4.74 Å². The minimum atomic E-state index is -0.566. The van der Waals surface area contributed by atoms with Gasteiger partial charge in [0.25, 0.3) is 0 Å². The van der Waals surface area contributed by atoms with Crippen LogP contribution >= 0.6 is 0 Å². The summed E-state index contributed by atoms with van der Waals surface area (Å²) in [5.74, 6) is 1.30. The Hall–Kier alpha value is -2.63. The highest BCUT2D eigenvalue weighted by Crippen LogP contribution is 2.25. The van der Waals surface area contributed by atoms with Crippen LogP contribution in [-0.4, -0.2) is 40.4 Å². The first-order valence-corrected chi connectivity index (χ1v) is 12.5. The van der Waals surface area contributed by atoms with Crippen molar-refractivity contribution in [3.8, 4) is 5.75 Å². The molecule has 1 atom stereocenters. The van der Waals surface area contributed by atoms with Gasteiger partial charge in [-0.1, -0.05) is 49.6 Å². The van der Waals surface area contributed by atoms with Gasteiger partial charge in [0, 0.05) is 38.1 Å². The average Bonchev–Trinajstić information content (AvgIpc) is 3.27. The Morgan fingerprint density at radius 1 is 1.03 bits per heavy atom. The third-order valence-electron chi connectivity index (χ3n) is 6.81. The second-order valence-corrected chi connectivity index (χ2v) is 9.68. The first-order chi connectivity index (χ1) is 16.6. The Bertz CT molecular complexity index is 1010. The molecular formula is C29H37FN2O2. The number of aromatic nitrogens is 1. The summed E-state index contributed by atoms with van der Waals surface area (Å²) >= 11 is 0. The number of para-hydroxylation sites is 1. The van der Waals surface area contributed by atoms with Crippen LogP contribution in [0.2, 0.25) is 0 Å². The quantitative estimate of drug-likeness (QED) is 0.389. The fourth-order valence-corrected chi connectivity index (χ4v) is 4.96. The molecule has 5 heteroatoms. The van der Waals surface area contributed by atoms with E-state index in [2.05, 4.69) is 27.8 Å². The third kappa shape index (κ3) is 7.18. The molecule has 4 nitrogen and oxygen atoms in total. The van der Waals surface area contributed by atoms with Crippen molar-refractivity contribution in [3.05, 3.63) is 89.5 Å². The van der Waals surface area contributed by atoms with E-state index in [1.807, 2.05) is 43.3 Å². The highest BCUT2D eigenvalue weighted by Gasteiger charge is 2.21. The fourth-order valence-electron chi connectivity index (χ4n) is 4.96. The zero-order chi connectivity index (χ0) is 23.8. The number of aryl methyl sites for hydroxylation is 1. The van der Waals surface area contributed by atoms with Crippen LogP contribution in [0.25, 0.3) is 0 Å². The summed E-state index contributed by atoms with van der Waals surface area (Å²) in [7, 11) is 0. The van der Waals surface area contributed by atoms with Crippen LogP contribution in [-0.2, 0) is 13.1 Å². The molecule has 1 aliphatic rings. The molecule has 3 aromatic rings. The minimum absolute atomic E-state index is 0.211. The molecule has 1 N–H and O–H groups in total. The molecule has 0 bridgehead atoms. The molecule has 2 aromatic carbocycles. The first kappa shape index (κ1) is 24.5. The molecule has 1 aromatic heterocycles. The summed E-state index contributed by atoms with van der Waals surface area (Å²) in [5, 5.41) is 10.9. The highest BCUT2D eigenvalue weighted by molar-refractivity contribution is 5.31. The van der Waals surface area contributed by atoms with Crippen molar-refractivity contribution in [3.63, 3.8) is 0 Å². The molecule has 1 fully saturated rings. The van der Waals surface area contributed by atoms with Crippen LogP contribution in [0.15, 0.2) is 66.9 Å². The number of hydrogen-bond donors (Lipinski definition) is 1. The van der Waals surface area contributed by atoms with E-state index in [0.717, 1.165) is 30.0 Å². The maximum absolute atomic E-state index is 13.3. The lowest BCUT2D eigenvalue weighted by atomic mass is 9.89. The number of aliphatic hydroxyl groups is 1. The van der Waals surface area contributed by atoms with Gasteiger partial charge in [0.05, 0.1) is 0 Å². The summed E-state index contributed by atoms with van der Waals surface area (Å²) in [6, 6.07) is 18.8. The van der Waals surface area contributed by atoms with Gasteiger partial charge in [0.1, 0.15) is 24.3 Å². The predicted molar refractivity (Wildman–Crippen MR) is 134 cm³/mol. The zero-order valence-corrected chi connectivity index (χ0v) is 20.2. The molecule has 1 unspecified atom stereocenters. The Labute approximate surface area is 203 Å². The van der Waals surface area contributed by atoms with Crippen molar-refractivity contribution in [1.82, 2.24) is 9.47 Å². The van der Waals surface area contributed by atoms with Crippen molar-refractivity contribution in [1.29, 1.82) is 0 Å². The summed E-state index contributed by atoms with van der Waals surface area (Å²) in [4.78, 5) is 2.39. The van der Waals surface area contributed by atoms with Gasteiger partial charge in [-0.25, -0.2) is 4.39 Å². The van der Waals surface area contributed by atoms with Gasteiger partial charge in [0.2, 0.25) is 0 Å². The van der Waals surface area contributed by atoms with Gasteiger partial charge in [-0.15, -0.1) is 0 Å². The van der Waals surface area contributed by atoms with E-state index in [9.17, 15) is 9.50 Å². The van der Waals surface area contributed by atoms with E-state index in [1.54, 1.807) is 0 Å². The SMILES string of the molecule is Cc1ccccc1OCC(O)CN(Cc1cccn1Cc1ccc(F)cc1)CC1CCCCC1. The van der Waals surface area contributed by atoms with Crippen LogP contribution in [0.5, 0.6) is 5.75 Å². The zero-order valence-electron chi connectivity index (χ0n) is 20.2. The molecule has 1 heterocycles. The van der Waals surface area contributed by atoms with E-state index in [0.29, 0.717) is 19.0 Å². The number of aliphatic hydroxyl groups excluding tert-OH is 1. The van der Waals surface area contributed by atoms with Crippen LogP contribution in [0.3, 0.4) is 0 Å². The lowest BCUT2D eigenvalue weighted by molar-refractivity contribution is 0.0558. The summed E-state index contributed by atoms with van der Waals surface area (Å²) in [5.41, 5.74) is 3.35. The van der Waals surface area contributed by atoms with E-state index in [1.165, 1.54) is 49.9 Å². The van der Waals surface area contributed by atoms with Gasteiger partial charge >= 0.3 is 0 Å². The van der Waals surface area contributed by atoms with E-state index in [4.69, 9.17) is 4.74 Å². The maximum Gasteiger partial charge on any atom is 0.123 e. The molecule has 0 amide bonds. The molecule has 0 aliphatic heterocycles. The van der Waals surface area contributed by atoms with Gasteiger partial charge in [-0.05, 0) is 67.1 Å². The molecule has 182 valence electrons. The number of ether oxygens (including phenoxy) is 1. The van der Waals surface area contributed by atoms with E-state index < -0.39 is 6.10 Å². The third-order valence-corrected chi connectivity index (χ3v) is 6.81. The Balaban J connectivity index is 1.40. The Morgan fingerprint density at radius 2 is 1.79 bits per heavy atom. The first-order valence-electron chi connectivity index (χ1n) is 12.5. The number of hydrogen-bond acceptors (Lipinski definition) is 3. The molecule has 34 heavy (non-hydrogen) atoms. The van der Waals surface area contributed by atoms with Crippen molar-refractivity contribution in [2.75, 3.05) is 19.7 Å². The fraction of sp³-hybridized carbons (Fsp3) is 0.448. The maximum atomic E-state index is 13.3. The van der Waals surface area contributed by atoms with Crippen LogP contribution in [0.1, 0.15) is 48.9 Å². The van der Waals surface area contributed by atoms with E-state index in [-0.39, 0.29) is 12.4 Å². The average molecular weight is 465 g/mol. The lowest BCUT2D eigenvalue weighted by Gasteiger charge is -2.31. The van der Waals surface area contributed by atoms with Crippen molar-refractivity contribution >= 4 is 0 Å². The smallest absolute Gasteiger partial charge is 0.123 e. The highest BCUT2D eigenvalue weighted by atomic mass is 19.1. The molecule has 0 spiro atoms. The van der Waals surface area contributed by atoms with Gasteiger partial charge in [-0.2, -0.15) is 0 Å². The topological polar surface area (TPSA) is 37.6 Å². The lowest BCUT2D eigenvalue weighted by Crippen LogP contribution is -2.39. The Morgan fingerprint density at radius 3 is 2.56 bits per heavy atom. The molecular weight excluding hydrogens is 427 g/mol. The number of nitrogens with zero attached hydrogens (tertiary/aromatic N) is 2. The second kappa shape index (κ2) is 12.2. The number of benzene rings is 2. The monoisotopic (exact) mass is 464 g/mol. The Kier molecular flexibility index (Phi) is 8.78. The minimum Gasteiger partial charge on any atom is -0.491 e. The predicted octanol–water partition coefficient (Wildman–Crippen LogP) is 5.81. The normalized spacial score (nSPS) is 15.5. The van der Waals surface area contributed by atoms with Crippen molar-refractivity contribution in [2.24, 2.45) is 5.92 Å². The van der Waals surface area contributed by atoms with Crippen molar-refractivity contribution < 1.29 is 14.2 Å². The second-order valence-electron chi connectivity index (χ2n) is 9.68. The van der Waals surface area contributed by atoms with E-state index >= 15 is 0 Å². The van der Waals surface area contributed by atoms with Gasteiger partial charge < -0.3 is 14.4 Å². The van der Waals surface area contributed by atoms with Gasteiger partial charge in [-0.3, -0.25) is 4.90 Å². The molecule has 1 saturated carbocycles.